The van der Waals surface area contributed by atoms with Crippen LogP contribution in [0.15, 0.2) is 12.4 Å². The molecule has 0 saturated heterocycles. The van der Waals surface area contributed by atoms with Gasteiger partial charge in [-0.2, -0.15) is 0 Å². The van der Waals surface area contributed by atoms with Crippen molar-refractivity contribution < 1.29 is 14.9 Å². The van der Waals surface area contributed by atoms with Gasteiger partial charge in [-0.25, -0.2) is 4.98 Å². The van der Waals surface area contributed by atoms with Gasteiger partial charge in [-0.05, 0) is 5.92 Å². The molecule has 1 heterocycles. The van der Waals surface area contributed by atoms with E-state index in [1.807, 2.05) is 13.8 Å². The fraction of sp³-hybridized carbons (Fsp3) is 0.600. The third kappa shape index (κ3) is 3.81. The molecule has 0 bridgehead atoms. The van der Waals surface area contributed by atoms with E-state index in [0.29, 0.717) is 5.88 Å². The van der Waals surface area contributed by atoms with Crippen LogP contribution in [0.25, 0.3) is 0 Å². The van der Waals surface area contributed by atoms with Crippen LogP contribution >= 0.6 is 0 Å². The highest BCUT2D eigenvalue weighted by Gasteiger charge is 2.06. The van der Waals surface area contributed by atoms with E-state index in [2.05, 4.69) is 9.97 Å². The number of hydrogen-bond acceptors (Lipinski definition) is 5. The normalized spacial score (nSPS) is 12.9. The summed E-state index contributed by atoms with van der Waals surface area (Å²) in [5, 5.41) is 17.7. The van der Waals surface area contributed by atoms with Crippen LogP contribution in [-0.4, -0.2) is 39.5 Å². The molecule has 5 nitrogen and oxygen atoms in total. The van der Waals surface area contributed by atoms with Gasteiger partial charge in [0.05, 0.1) is 18.5 Å². The Kier molecular flexibility index (Phi) is 4.45. The smallest absolute Gasteiger partial charge is 0.232 e. The Morgan fingerprint density at radius 3 is 2.73 bits per heavy atom. The maximum absolute atomic E-state index is 9.07. The zero-order valence-corrected chi connectivity index (χ0v) is 8.92. The lowest BCUT2D eigenvalue weighted by atomic mass is 10.1. The second-order valence-corrected chi connectivity index (χ2v) is 3.58. The number of aromatic nitrogens is 2. The van der Waals surface area contributed by atoms with Crippen LogP contribution in [-0.2, 0) is 0 Å². The molecule has 0 aliphatic rings. The molecule has 0 aromatic carbocycles. The predicted octanol–water partition coefficient (Wildman–Crippen LogP) is 0.332. The Hall–Kier alpha value is -1.20. The molecule has 84 valence electrons. The number of nitrogens with zero attached hydrogens (tertiary/aromatic N) is 2. The summed E-state index contributed by atoms with van der Waals surface area (Å²) in [6.45, 7) is 3.72. The van der Waals surface area contributed by atoms with Gasteiger partial charge < -0.3 is 14.9 Å². The van der Waals surface area contributed by atoms with Crippen LogP contribution in [0.3, 0.4) is 0 Å². The van der Waals surface area contributed by atoms with E-state index in [1.54, 1.807) is 6.20 Å². The lowest BCUT2D eigenvalue weighted by Crippen LogP contribution is -2.21. The highest BCUT2D eigenvalue weighted by Crippen LogP contribution is 2.13. The molecule has 1 rings (SSSR count). The summed E-state index contributed by atoms with van der Waals surface area (Å²) in [7, 11) is 0. The summed E-state index contributed by atoms with van der Waals surface area (Å²) in [6.07, 6.45) is 2.28. The third-order valence-corrected chi connectivity index (χ3v) is 1.86. The SMILES string of the molecule is CC(C)c1cncc(OC[C@H](O)CO)n1. The summed E-state index contributed by atoms with van der Waals surface area (Å²) < 4.78 is 5.17. The van der Waals surface area contributed by atoms with Crippen LogP contribution in [0, 0.1) is 0 Å². The van der Waals surface area contributed by atoms with Crippen molar-refractivity contribution in [1.82, 2.24) is 9.97 Å². The van der Waals surface area contributed by atoms with Crippen molar-refractivity contribution in [1.29, 1.82) is 0 Å². The zero-order valence-electron chi connectivity index (χ0n) is 8.92. The molecule has 5 heteroatoms. The molecule has 0 amide bonds. The molecule has 0 aliphatic heterocycles. The van der Waals surface area contributed by atoms with Gasteiger partial charge in [0, 0.05) is 6.20 Å². The minimum atomic E-state index is -0.880. The molecule has 2 N–H and O–H groups in total. The molecule has 1 atom stereocenters. The van der Waals surface area contributed by atoms with Gasteiger partial charge in [-0.3, -0.25) is 4.98 Å². The van der Waals surface area contributed by atoms with E-state index in [-0.39, 0.29) is 19.1 Å². The first kappa shape index (κ1) is 11.9. The molecule has 0 unspecified atom stereocenters. The van der Waals surface area contributed by atoms with Crippen molar-refractivity contribution >= 4 is 0 Å². The lowest BCUT2D eigenvalue weighted by Gasteiger charge is -2.10. The average molecular weight is 212 g/mol. The second-order valence-electron chi connectivity index (χ2n) is 3.58. The molecule has 1 aromatic rings. The highest BCUT2D eigenvalue weighted by molar-refractivity contribution is 5.10. The first-order valence-electron chi connectivity index (χ1n) is 4.87. The highest BCUT2D eigenvalue weighted by atomic mass is 16.5. The van der Waals surface area contributed by atoms with Crippen molar-refractivity contribution in [2.45, 2.75) is 25.9 Å². The molecule has 0 spiro atoms. The summed E-state index contributed by atoms with van der Waals surface area (Å²) >= 11 is 0. The van der Waals surface area contributed by atoms with Gasteiger partial charge in [0.1, 0.15) is 12.7 Å². The van der Waals surface area contributed by atoms with Crippen molar-refractivity contribution in [2.75, 3.05) is 13.2 Å². The standard InChI is InChI=1S/C10H16N2O3/c1-7(2)9-3-11-4-10(12-9)15-6-8(14)5-13/h3-4,7-8,13-14H,5-6H2,1-2H3/t8-/m1/s1. The number of aliphatic hydroxyl groups excluding tert-OH is 2. The first-order valence-corrected chi connectivity index (χ1v) is 4.87. The molecular formula is C10H16N2O3. The number of rotatable bonds is 5. The van der Waals surface area contributed by atoms with Crippen molar-refractivity contribution in [2.24, 2.45) is 0 Å². The topological polar surface area (TPSA) is 75.5 Å². The number of aliphatic hydroxyl groups is 2. The van der Waals surface area contributed by atoms with Crippen molar-refractivity contribution in [3.63, 3.8) is 0 Å². The number of hydrogen-bond donors (Lipinski definition) is 2. The molecular weight excluding hydrogens is 196 g/mol. The van der Waals surface area contributed by atoms with Gasteiger partial charge in [-0.15, -0.1) is 0 Å². The van der Waals surface area contributed by atoms with Gasteiger partial charge in [-0.1, -0.05) is 13.8 Å². The minimum Gasteiger partial charge on any atom is -0.474 e. The maximum Gasteiger partial charge on any atom is 0.232 e. The Labute approximate surface area is 88.8 Å². The average Bonchev–Trinajstić information content (AvgIpc) is 2.26. The minimum absolute atomic E-state index is 0.0206. The molecule has 15 heavy (non-hydrogen) atoms. The fourth-order valence-corrected chi connectivity index (χ4v) is 0.944. The number of ether oxygens (including phenoxy) is 1. The predicted molar refractivity (Wildman–Crippen MR) is 54.7 cm³/mol. The van der Waals surface area contributed by atoms with Crippen molar-refractivity contribution in [3.8, 4) is 5.88 Å². The zero-order chi connectivity index (χ0) is 11.3. The second kappa shape index (κ2) is 5.63. The Balaban J connectivity index is 2.58. The van der Waals surface area contributed by atoms with E-state index in [0.717, 1.165) is 5.69 Å². The fourth-order valence-electron chi connectivity index (χ4n) is 0.944. The van der Waals surface area contributed by atoms with Crippen LogP contribution in [0.4, 0.5) is 0 Å². The first-order chi connectivity index (χ1) is 7.13. The lowest BCUT2D eigenvalue weighted by molar-refractivity contribution is 0.0519. The van der Waals surface area contributed by atoms with Gasteiger partial charge in [0.25, 0.3) is 0 Å². The molecule has 0 fully saturated rings. The van der Waals surface area contributed by atoms with E-state index in [1.165, 1.54) is 6.20 Å². The van der Waals surface area contributed by atoms with E-state index < -0.39 is 6.10 Å². The summed E-state index contributed by atoms with van der Waals surface area (Å²) in [4.78, 5) is 8.18. The summed E-state index contributed by atoms with van der Waals surface area (Å²) in [6, 6.07) is 0. The van der Waals surface area contributed by atoms with Gasteiger partial charge in [0.2, 0.25) is 5.88 Å². The molecule has 1 aromatic heterocycles. The third-order valence-electron chi connectivity index (χ3n) is 1.86. The molecule has 0 aliphatic carbocycles. The van der Waals surface area contributed by atoms with E-state index in [9.17, 15) is 0 Å². The van der Waals surface area contributed by atoms with Crippen molar-refractivity contribution in [3.05, 3.63) is 18.1 Å². The van der Waals surface area contributed by atoms with Gasteiger partial charge >= 0.3 is 0 Å². The maximum atomic E-state index is 9.07. The Morgan fingerprint density at radius 1 is 1.40 bits per heavy atom. The van der Waals surface area contributed by atoms with E-state index in [4.69, 9.17) is 14.9 Å². The summed E-state index contributed by atoms with van der Waals surface area (Å²) in [5.41, 5.74) is 0.839. The quantitative estimate of drug-likeness (QED) is 0.735. The van der Waals surface area contributed by atoms with Crippen LogP contribution < -0.4 is 4.74 Å². The summed E-state index contributed by atoms with van der Waals surface area (Å²) in [5.74, 6) is 0.650. The monoisotopic (exact) mass is 212 g/mol. The Morgan fingerprint density at radius 2 is 2.13 bits per heavy atom. The Bertz CT molecular complexity index is 304. The molecule has 0 radical (unpaired) electrons. The van der Waals surface area contributed by atoms with E-state index >= 15 is 0 Å². The van der Waals surface area contributed by atoms with Crippen LogP contribution in [0.2, 0.25) is 0 Å². The van der Waals surface area contributed by atoms with Crippen LogP contribution in [0.1, 0.15) is 25.5 Å². The largest absolute Gasteiger partial charge is 0.474 e. The molecule has 0 saturated carbocycles. The van der Waals surface area contributed by atoms with Crippen LogP contribution in [0.5, 0.6) is 5.88 Å². The van der Waals surface area contributed by atoms with Gasteiger partial charge in [0.15, 0.2) is 0 Å².